The van der Waals surface area contributed by atoms with E-state index in [0.717, 1.165) is 29.9 Å². The molecule has 2 atom stereocenters. The number of nitrogens with zero attached hydrogens (tertiary/aromatic N) is 1. The van der Waals surface area contributed by atoms with Crippen molar-refractivity contribution in [1.29, 1.82) is 0 Å². The van der Waals surface area contributed by atoms with E-state index < -0.39 is 17.7 Å². The number of halogens is 4. The third-order valence-corrected chi connectivity index (χ3v) is 7.07. The van der Waals surface area contributed by atoms with Gasteiger partial charge in [0.05, 0.1) is 5.57 Å². The standard InChI is InChI=1S/C22H17ClF3NO2S/c1-11-16(8-9-17(27-11)22(24,25)26)20(29)18-19(28)12-2-3-13(10-12)21(18)30-15-6-4-14(23)5-7-15/h4-9,12-13H,2-3,10H2,1H3. The molecule has 8 heteroatoms. The Kier molecular flexibility index (Phi) is 5.53. The van der Waals surface area contributed by atoms with Crippen LogP contribution in [0.3, 0.4) is 0 Å². The van der Waals surface area contributed by atoms with Gasteiger partial charge in [0.1, 0.15) is 5.69 Å². The summed E-state index contributed by atoms with van der Waals surface area (Å²) in [5.41, 5.74) is -0.972. The average molecular weight is 452 g/mol. The number of hydrogen-bond acceptors (Lipinski definition) is 4. The number of allylic oxidation sites excluding steroid dienone is 2. The van der Waals surface area contributed by atoms with Gasteiger partial charge in [0, 0.05) is 32.0 Å². The minimum Gasteiger partial charge on any atom is -0.294 e. The number of thioether (sulfide) groups is 1. The normalized spacial score (nSPS) is 21.3. The molecule has 2 unspecified atom stereocenters. The minimum atomic E-state index is -4.60. The largest absolute Gasteiger partial charge is 0.433 e. The highest BCUT2D eigenvalue weighted by Crippen LogP contribution is 2.50. The van der Waals surface area contributed by atoms with Gasteiger partial charge in [0.2, 0.25) is 0 Å². The molecule has 30 heavy (non-hydrogen) atoms. The van der Waals surface area contributed by atoms with Gasteiger partial charge in [-0.3, -0.25) is 9.59 Å². The van der Waals surface area contributed by atoms with E-state index in [0.29, 0.717) is 16.3 Å². The monoisotopic (exact) mass is 451 g/mol. The van der Waals surface area contributed by atoms with Crippen molar-refractivity contribution in [1.82, 2.24) is 4.98 Å². The Labute approximate surface area is 180 Å². The molecule has 0 saturated heterocycles. The first-order valence-corrected chi connectivity index (χ1v) is 10.7. The molecular weight excluding hydrogens is 435 g/mol. The topological polar surface area (TPSA) is 47.0 Å². The average Bonchev–Trinajstić information content (AvgIpc) is 3.13. The van der Waals surface area contributed by atoms with Gasteiger partial charge in [-0.05, 0) is 68.5 Å². The Morgan fingerprint density at radius 1 is 1.10 bits per heavy atom. The second-order valence-electron chi connectivity index (χ2n) is 7.52. The Hall–Kier alpha value is -2.12. The molecule has 156 valence electrons. The molecule has 1 aromatic heterocycles. The molecule has 1 saturated carbocycles. The van der Waals surface area contributed by atoms with Crippen molar-refractivity contribution in [3.05, 3.63) is 68.9 Å². The van der Waals surface area contributed by atoms with Gasteiger partial charge in [-0.25, -0.2) is 4.98 Å². The second-order valence-corrected chi connectivity index (χ2v) is 9.07. The van der Waals surface area contributed by atoms with Crippen LogP contribution in [0, 0.1) is 18.8 Å². The highest BCUT2D eigenvalue weighted by atomic mass is 35.5. The van der Waals surface area contributed by atoms with Gasteiger partial charge in [0.25, 0.3) is 0 Å². The maximum Gasteiger partial charge on any atom is 0.433 e. The number of pyridine rings is 1. The number of carbonyl (C=O) groups excluding carboxylic acids is 2. The van der Waals surface area contributed by atoms with E-state index in [1.165, 1.54) is 18.7 Å². The molecular formula is C22H17ClF3NO2S. The third-order valence-electron chi connectivity index (χ3n) is 5.56. The number of carbonyl (C=O) groups is 2. The number of fused-ring (bicyclic) bond motifs is 2. The Bertz CT molecular complexity index is 1060. The number of benzene rings is 1. The van der Waals surface area contributed by atoms with Crippen molar-refractivity contribution in [2.45, 2.75) is 37.3 Å². The summed E-state index contributed by atoms with van der Waals surface area (Å²) in [5, 5.41) is 0.580. The van der Waals surface area contributed by atoms with Crippen molar-refractivity contribution >= 4 is 34.9 Å². The summed E-state index contributed by atoms with van der Waals surface area (Å²) in [6, 6.07) is 9.01. The van der Waals surface area contributed by atoms with Crippen molar-refractivity contribution < 1.29 is 22.8 Å². The number of alkyl halides is 3. The third kappa shape index (κ3) is 3.93. The SMILES string of the molecule is Cc1nc(C(F)(F)F)ccc1C(=O)C1=C(Sc2ccc(Cl)cc2)C2CCC(C2)C1=O. The van der Waals surface area contributed by atoms with Crippen LogP contribution < -0.4 is 0 Å². The fourth-order valence-corrected chi connectivity index (χ4v) is 5.40. The lowest BCUT2D eigenvalue weighted by Gasteiger charge is -2.25. The zero-order valence-corrected chi connectivity index (χ0v) is 17.5. The summed E-state index contributed by atoms with van der Waals surface area (Å²) in [6.45, 7) is 1.36. The van der Waals surface area contributed by atoms with Crippen LogP contribution in [0.1, 0.15) is 41.0 Å². The zero-order valence-electron chi connectivity index (χ0n) is 15.9. The maximum absolute atomic E-state index is 13.3. The first-order valence-electron chi connectivity index (χ1n) is 9.46. The first kappa shape index (κ1) is 21.1. The van der Waals surface area contributed by atoms with E-state index in [1.807, 2.05) is 12.1 Å². The summed E-state index contributed by atoms with van der Waals surface area (Å²) >= 11 is 7.30. The van der Waals surface area contributed by atoms with Crippen LogP contribution in [0.4, 0.5) is 13.2 Å². The molecule has 0 amide bonds. The summed E-state index contributed by atoms with van der Waals surface area (Å²) in [4.78, 5) is 31.5. The predicted molar refractivity (Wildman–Crippen MR) is 108 cm³/mol. The molecule has 2 bridgehead atoms. The van der Waals surface area contributed by atoms with E-state index in [2.05, 4.69) is 4.98 Å². The van der Waals surface area contributed by atoms with Gasteiger partial charge in [-0.15, -0.1) is 0 Å². The van der Waals surface area contributed by atoms with Crippen LogP contribution in [0.25, 0.3) is 0 Å². The number of hydrogen-bond donors (Lipinski definition) is 0. The lowest BCUT2D eigenvalue weighted by molar-refractivity contribution is -0.141. The number of Topliss-reactive ketones (excluding diaryl/α,β-unsaturated/α-hetero) is 2. The zero-order chi connectivity index (χ0) is 21.6. The number of aryl methyl sites for hydroxylation is 1. The molecule has 2 aromatic rings. The van der Waals surface area contributed by atoms with E-state index in [-0.39, 0.29) is 34.4 Å². The van der Waals surface area contributed by atoms with Crippen LogP contribution >= 0.6 is 23.4 Å². The highest BCUT2D eigenvalue weighted by molar-refractivity contribution is 8.03. The summed E-state index contributed by atoms with van der Waals surface area (Å²) < 4.78 is 38.8. The van der Waals surface area contributed by atoms with Crippen molar-refractivity contribution in [3.63, 3.8) is 0 Å². The predicted octanol–water partition coefficient (Wildman–Crippen LogP) is 6.29. The highest BCUT2D eigenvalue weighted by Gasteiger charge is 2.44. The van der Waals surface area contributed by atoms with E-state index in [9.17, 15) is 22.8 Å². The Morgan fingerprint density at radius 3 is 2.40 bits per heavy atom. The van der Waals surface area contributed by atoms with Crippen molar-refractivity contribution in [2.75, 3.05) is 0 Å². The lowest BCUT2D eigenvalue weighted by Crippen LogP contribution is -2.27. The van der Waals surface area contributed by atoms with E-state index in [1.54, 1.807) is 12.1 Å². The number of rotatable bonds is 4. The molecule has 3 nitrogen and oxygen atoms in total. The maximum atomic E-state index is 13.3. The second kappa shape index (κ2) is 7.85. The number of aromatic nitrogens is 1. The summed E-state index contributed by atoms with van der Waals surface area (Å²) in [6.07, 6.45) is -2.36. The molecule has 0 N–H and O–H groups in total. The van der Waals surface area contributed by atoms with Gasteiger partial charge < -0.3 is 0 Å². The van der Waals surface area contributed by atoms with Gasteiger partial charge in [0.15, 0.2) is 11.6 Å². The smallest absolute Gasteiger partial charge is 0.294 e. The van der Waals surface area contributed by atoms with Gasteiger partial charge in [-0.1, -0.05) is 23.4 Å². The molecule has 2 aliphatic rings. The van der Waals surface area contributed by atoms with Crippen LogP contribution in [0.15, 0.2) is 51.8 Å². The molecule has 0 spiro atoms. The Balaban J connectivity index is 1.77. The van der Waals surface area contributed by atoms with Crippen LogP contribution in [-0.4, -0.2) is 16.6 Å². The number of ketones is 2. The molecule has 1 heterocycles. The Morgan fingerprint density at radius 2 is 1.77 bits per heavy atom. The van der Waals surface area contributed by atoms with Crippen LogP contribution in [-0.2, 0) is 11.0 Å². The van der Waals surface area contributed by atoms with Crippen molar-refractivity contribution in [2.24, 2.45) is 11.8 Å². The molecule has 0 aliphatic heterocycles. The fourth-order valence-electron chi connectivity index (χ4n) is 4.07. The lowest BCUT2D eigenvalue weighted by atomic mass is 9.84. The van der Waals surface area contributed by atoms with Gasteiger partial charge >= 0.3 is 6.18 Å². The van der Waals surface area contributed by atoms with E-state index in [4.69, 9.17) is 11.6 Å². The van der Waals surface area contributed by atoms with Gasteiger partial charge in [-0.2, -0.15) is 13.2 Å². The van der Waals surface area contributed by atoms with Crippen LogP contribution in [0.5, 0.6) is 0 Å². The molecule has 1 aromatic carbocycles. The van der Waals surface area contributed by atoms with E-state index >= 15 is 0 Å². The van der Waals surface area contributed by atoms with Crippen LogP contribution in [0.2, 0.25) is 5.02 Å². The quantitative estimate of drug-likeness (QED) is 0.405. The minimum absolute atomic E-state index is 0.0295. The molecule has 2 aliphatic carbocycles. The fraction of sp³-hybridized carbons (Fsp3) is 0.318. The molecule has 1 fully saturated rings. The van der Waals surface area contributed by atoms with Crippen molar-refractivity contribution in [3.8, 4) is 0 Å². The molecule has 0 radical (unpaired) electrons. The summed E-state index contributed by atoms with van der Waals surface area (Å²) in [5.74, 6) is -0.877. The molecule has 4 rings (SSSR count). The summed E-state index contributed by atoms with van der Waals surface area (Å²) in [7, 11) is 0. The first-order chi connectivity index (χ1) is 14.1.